The third-order valence-electron chi connectivity index (χ3n) is 2.78. The van der Waals surface area contributed by atoms with Crippen LogP contribution in [0.15, 0.2) is 30.3 Å². The first-order valence-electron chi connectivity index (χ1n) is 5.68. The fourth-order valence-corrected chi connectivity index (χ4v) is 2.60. The van der Waals surface area contributed by atoms with Crippen molar-refractivity contribution >= 4 is 30.9 Å². The zero-order valence-electron chi connectivity index (χ0n) is 10.7. The van der Waals surface area contributed by atoms with Crippen LogP contribution in [0.25, 0.3) is 11.3 Å². The van der Waals surface area contributed by atoms with Crippen LogP contribution in [-0.4, -0.2) is 12.4 Å². The Hall–Kier alpha value is -2.06. The van der Waals surface area contributed by atoms with Crippen LogP contribution in [0, 0.1) is 25.2 Å². The van der Waals surface area contributed by atoms with Crippen molar-refractivity contribution in [3.05, 3.63) is 52.0 Å². The minimum absolute atomic E-state index is 0.373. The number of nitriles is 1. The van der Waals surface area contributed by atoms with Gasteiger partial charge in [-0.1, -0.05) is 30.3 Å². The van der Waals surface area contributed by atoms with E-state index in [4.69, 9.17) is 12.7 Å². The van der Waals surface area contributed by atoms with E-state index in [2.05, 4.69) is 10.4 Å². The molecule has 5 heteroatoms. The molecule has 0 aliphatic rings. The zero-order chi connectivity index (χ0) is 13.8. The van der Waals surface area contributed by atoms with Gasteiger partial charge in [0.15, 0.2) is 0 Å². The number of hydrogen-bond donors (Lipinski definition) is 0. The highest BCUT2D eigenvalue weighted by Crippen LogP contribution is 2.32. The fourth-order valence-electron chi connectivity index (χ4n) is 1.90. The normalized spacial score (nSPS) is 11.6. The van der Waals surface area contributed by atoms with Gasteiger partial charge in [0, 0.05) is 4.88 Å². The van der Waals surface area contributed by atoms with E-state index in [1.54, 1.807) is 0 Å². The molecule has 0 fully saturated rings. The number of allylic oxidation sites excluding steroid dienone is 1. The molecule has 2 rings (SSSR count). The Morgan fingerprint density at radius 3 is 2.47 bits per heavy atom. The van der Waals surface area contributed by atoms with Gasteiger partial charge in [-0.25, -0.2) is 0 Å². The van der Waals surface area contributed by atoms with E-state index >= 15 is 0 Å². The average molecular weight is 266 g/mol. The van der Waals surface area contributed by atoms with Gasteiger partial charge in [-0.2, -0.15) is 9.64 Å². The maximum absolute atomic E-state index is 9.40. The van der Waals surface area contributed by atoms with E-state index in [0.29, 0.717) is 11.3 Å². The van der Waals surface area contributed by atoms with E-state index in [9.17, 15) is 5.26 Å². The van der Waals surface area contributed by atoms with Gasteiger partial charge in [-0.05, 0) is 30.9 Å². The van der Waals surface area contributed by atoms with Crippen LogP contribution in [0.1, 0.15) is 21.7 Å². The lowest BCUT2D eigenvalue weighted by atomic mass is 10.0. The standard InChI is InChI=1S/C14H11BN2OS/c1-9-13(10(2)19-17-9)14(18-15)12(8-16)11-6-4-3-5-7-11/h3-7H,1-2H3/b14-12-. The average Bonchev–Trinajstić information content (AvgIpc) is 2.77. The van der Waals surface area contributed by atoms with E-state index in [1.807, 2.05) is 44.2 Å². The van der Waals surface area contributed by atoms with Crippen molar-refractivity contribution < 1.29 is 4.65 Å². The Labute approximate surface area is 117 Å². The number of hydrogen-bond acceptors (Lipinski definition) is 4. The van der Waals surface area contributed by atoms with Crippen LogP contribution in [-0.2, 0) is 4.65 Å². The first kappa shape index (κ1) is 13.4. The van der Waals surface area contributed by atoms with Crippen LogP contribution in [0.5, 0.6) is 0 Å². The van der Waals surface area contributed by atoms with Gasteiger partial charge in [0.05, 0.1) is 11.3 Å². The Kier molecular flexibility index (Phi) is 4.03. The van der Waals surface area contributed by atoms with Crippen molar-refractivity contribution in [2.45, 2.75) is 13.8 Å². The first-order chi connectivity index (χ1) is 9.19. The summed E-state index contributed by atoms with van der Waals surface area (Å²) in [6.45, 7) is 3.80. The lowest BCUT2D eigenvalue weighted by Crippen LogP contribution is -1.96. The largest absolute Gasteiger partial charge is 0.566 e. The summed E-state index contributed by atoms with van der Waals surface area (Å²) in [7, 11) is 5.38. The quantitative estimate of drug-likeness (QED) is 0.486. The molecule has 19 heavy (non-hydrogen) atoms. The molecule has 92 valence electrons. The summed E-state index contributed by atoms with van der Waals surface area (Å²) in [6, 6.07) is 11.5. The van der Waals surface area contributed by atoms with Crippen molar-refractivity contribution in [3.8, 4) is 6.07 Å². The molecule has 0 saturated carbocycles. The molecule has 0 aliphatic carbocycles. The predicted molar refractivity (Wildman–Crippen MR) is 77.3 cm³/mol. The second-order valence-corrected chi connectivity index (χ2v) is 4.98. The van der Waals surface area contributed by atoms with Crippen LogP contribution in [0.4, 0.5) is 0 Å². The zero-order valence-corrected chi connectivity index (χ0v) is 11.5. The molecule has 1 heterocycles. The molecule has 0 amide bonds. The van der Waals surface area contributed by atoms with Crippen LogP contribution in [0.3, 0.4) is 0 Å². The summed E-state index contributed by atoms with van der Waals surface area (Å²) in [6.07, 6.45) is 0. The highest BCUT2D eigenvalue weighted by molar-refractivity contribution is 7.06. The van der Waals surface area contributed by atoms with Crippen molar-refractivity contribution in [1.29, 1.82) is 5.26 Å². The summed E-state index contributed by atoms with van der Waals surface area (Å²) in [5, 5.41) is 9.40. The highest BCUT2D eigenvalue weighted by Gasteiger charge is 2.18. The number of aryl methyl sites for hydroxylation is 2. The smallest absolute Gasteiger partial charge is 0.374 e. The number of nitrogens with zero attached hydrogens (tertiary/aromatic N) is 2. The molecule has 0 saturated heterocycles. The number of rotatable bonds is 3. The van der Waals surface area contributed by atoms with Crippen LogP contribution in [0.2, 0.25) is 0 Å². The maximum atomic E-state index is 9.40. The monoisotopic (exact) mass is 266 g/mol. The predicted octanol–water partition coefficient (Wildman–Crippen LogP) is 3.25. The van der Waals surface area contributed by atoms with Crippen molar-refractivity contribution in [2.75, 3.05) is 0 Å². The molecular formula is C14H11BN2OS. The minimum Gasteiger partial charge on any atom is -0.566 e. The van der Waals surface area contributed by atoms with Gasteiger partial charge in [0.2, 0.25) is 0 Å². The number of aromatic nitrogens is 1. The summed E-state index contributed by atoms with van der Waals surface area (Å²) in [5.41, 5.74) is 2.80. The molecule has 0 unspecified atom stereocenters. The molecule has 0 N–H and O–H groups in total. The van der Waals surface area contributed by atoms with Gasteiger partial charge in [-0.3, -0.25) is 0 Å². The Balaban J connectivity index is 2.68. The molecular weight excluding hydrogens is 255 g/mol. The molecule has 2 radical (unpaired) electrons. The molecule has 3 nitrogen and oxygen atoms in total. The van der Waals surface area contributed by atoms with Crippen molar-refractivity contribution in [2.24, 2.45) is 0 Å². The van der Waals surface area contributed by atoms with Crippen molar-refractivity contribution in [1.82, 2.24) is 4.37 Å². The van der Waals surface area contributed by atoms with Crippen LogP contribution >= 0.6 is 11.5 Å². The molecule has 0 atom stereocenters. The lowest BCUT2D eigenvalue weighted by Gasteiger charge is -2.11. The minimum atomic E-state index is 0.373. The van der Waals surface area contributed by atoms with E-state index in [-0.39, 0.29) is 0 Å². The maximum Gasteiger partial charge on any atom is 0.374 e. The van der Waals surface area contributed by atoms with E-state index in [1.165, 1.54) is 11.5 Å². The Morgan fingerprint density at radius 2 is 2.00 bits per heavy atom. The second kappa shape index (κ2) is 5.72. The molecule has 1 aromatic heterocycles. The van der Waals surface area contributed by atoms with Crippen LogP contribution < -0.4 is 0 Å². The lowest BCUT2D eigenvalue weighted by molar-refractivity contribution is 0.573. The highest BCUT2D eigenvalue weighted by atomic mass is 32.1. The summed E-state index contributed by atoms with van der Waals surface area (Å²) in [5.74, 6) is 0.373. The first-order valence-corrected chi connectivity index (χ1v) is 6.46. The number of benzene rings is 1. The van der Waals surface area contributed by atoms with Gasteiger partial charge < -0.3 is 4.65 Å². The second-order valence-electron chi connectivity index (χ2n) is 4.00. The van der Waals surface area contributed by atoms with E-state index < -0.39 is 0 Å². The van der Waals surface area contributed by atoms with Crippen molar-refractivity contribution in [3.63, 3.8) is 0 Å². The van der Waals surface area contributed by atoms with Gasteiger partial charge in [0.1, 0.15) is 17.4 Å². The van der Waals surface area contributed by atoms with Gasteiger partial charge in [-0.15, -0.1) is 0 Å². The topological polar surface area (TPSA) is 45.9 Å². The molecule has 0 spiro atoms. The Bertz CT molecular complexity index is 636. The molecule has 0 bridgehead atoms. The Morgan fingerprint density at radius 1 is 1.32 bits per heavy atom. The third-order valence-corrected chi connectivity index (χ3v) is 3.62. The summed E-state index contributed by atoms with van der Waals surface area (Å²) in [4.78, 5) is 0.974. The van der Waals surface area contributed by atoms with Gasteiger partial charge in [0.25, 0.3) is 0 Å². The SMILES string of the molecule is [B]O/C(=C(/C#N)c1ccccc1)c1c(C)nsc1C. The van der Waals surface area contributed by atoms with E-state index in [0.717, 1.165) is 21.7 Å². The molecule has 1 aromatic carbocycles. The molecule has 2 aromatic rings. The fraction of sp³-hybridized carbons (Fsp3) is 0.143. The molecule has 0 aliphatic heterocycles. The summed E-state index contributed by atoms with van der Waals surface area (Å²) >= 11 is 1.37. The summed E-state index contributed by atoms with van der Waals surface area (Å²) < 4.78 is 9.25. The van der Waals surface area contributed by atoms with Gasteiger partial charge >= 0.3 is 8.05 Å². The third kappa shape index (κ3) is 2.54.